The Bertz CT molecular complexity index is 846. The largest absolute Gasteiger partial charge is 0.508 e. The number of para-hydroxylation sites is 1. The minimum atomic E-state index is -1.03. The van der Waals surface area contributed by atoms with E-state index in [-0.39, 0.29) is 17.6 Å². The van der Waals surface area contributed by atoms with Crippen LogP contribution in [0.1, 0.15) is 12.0 Å². The Labute approximate surface area is 138 Å². The van der Waals surface area contributed by atoms with E-state index in [2.05, 4.69) is 5.16 Å². The Kier molecular flexibility index (Phi) is 3.03. The summed E-state index contributed by atoms with van der Waals surface area (Å²) in [5.74, 6) is 0.226. The van der Waals surface area contributed by atoms with Crippen molar-refractivity contribution in [3.05, 3.63) is 54.1 Å². The maximum atomic E-state index is 13.0. The van der Waals surface area contributed by atoms with Crippen LogP contribution in [-0.2, 0) is 4.79 Å². The molecule has 2 aliphatic rings. The molecule has 2 N–H and O–H groups in total. The minimum Gasteiger partial charge on any atom is -0.508 e. The van der Waals surface area contributed by atoms with E-state index in [9.17, 15) is 15.1 Å². The number of anilines is 1. The molecule has 122 valence electrons. The first-order chi connectivity index (χ1) is 11.6. The number of carbonyl (C=O) groups is 1. The standard InChI is InChI=1S/C18H16N2O4/c1-20(11-6-8-12(21)9-7-11)17(22)18-10-14(18)16(19-23)13-4-2-3-5-15(13)24-18/h2-9,14,21,23H,10H2,1H3. The number of likely N-dealkylation sites (N-methyl/N-ethyl adjacent to an activating group) is 1. The molecular weight excluding hydrogens is 308 g/mol. The van der Waals surface area contributed by atoms with Crippen LogP contribution in [0.5, 0.6) is 11.5 Å². The number of rotatable bonds is 2. The monoisotopic (exact) mass is 324 g/mol. The van der Waals surface area contributed by atoms with Crippen LogP contribution >= 0.6 is 0 Å². The Morgan fingerprint density at radius 2 is 1.96 bits per heavy atom. The van der Waals surface area contributed by atoms with E-state index < -0.39 is 5.60 Å². The van der Waals surface area contributed by atoms with Crippen molar-refractivity contribution in [2.75, 3.05) is 11.9 Å². The lowest BCUT2D eigenvalue weighted by Gasteiger charge is -2.29. The molecule has 2 aromatic carbocycles. The number of hydrogen-bond acceptors (Lipinski definition) is 5. The van der Waals surface area contributed by atoms with Gasteiger partial charge in [0, 0.05) is 24.7 Å². The second-order valence-corrected chi connectivity index (χ2v) is 6.11. The zero-order valence-electron chi connectivity index (χ0n) is 13.0. The summed E-state index contributed by atoms with van der Waals surface area (Å²) >= 11 is 0. The fourth-order valence-electron chi connectivity index (χ4n) is 3.31. The van der Waals surface area contributed by atoms with Crippen LogP contribution in [0.15, 0.2) is 53.7 Å². The molecule has 1 fully saturated rings. The van der Waals surface area contributed by atoms with Crippen LogP contribution in [0.3, 0.4) is 0 Å². The van der Waals surface area contributed by atoms with E-state index in [1.807, 2.05) is 18.2 Å². The van der Waals surface area contributed by atoms with Gasteiger partial charge < -0.3 is 20.0 Å². The lowest BCUT2D eigenvalue weighted by molar-refractivity contribution is -0.127. The van der Waals surface area contributed by atoms with Crippen molar-refractivity contribution in [3.63, 3.8) is 0 Å². The lowest BCUT2D eigenvalue weighted by Crippen LogP contribution is -2.46. The number of oxime groups is 1. The van der Waals surface area contributed by atoms with Crippen LogP contribution in [0.4, 0.5) is 5.69 Å². The third-order valence-electron chi connectivity index (χ3n) is 4.71. The smallest absolute Gasteiger partial charge is 0.271 e. The summed E-state index contributed by atoms with van der Waals surface area (Å²) in [5, 5.41) is 22.2. The summed E-state index contributed by atoms with van der Waals surface area (Å²) in [7, 11) is 1.67. The normalized spacial score (nSPS) is 25.4. The molecule has 1 amide bonds. The number of aromatic hydroxyl groups is 1. The lowest BCUT2D eigenvalue weighted by atomic mass is 9.99. The second-order valence-electron chi connectivity index (χ2n) is 6.11. The van der Waals surface area contributed by atoms with Crippen LogP contribution in [0.25, 0.3) is 0 Å². The molecule has 1 heterocycles. The van der Waals surface area contributed by atoms with E-state index in [4.69, 9.17) is 4.74 Å². The summed E-state index contributed by atoms with van der Waals surface area (Å²) in [6, 6.07) is 13.6. The number of nitrogens with zero attached hydrogens (tertiary/aromatic N) is 2. The van der Waals surface area contributed by atoms with Gasteiger partial charge in [-0.2, -0.15) is 0 Å². The molecule has 4 rings (SSSR count). The van der Waals surface area contributed by atoms with Gasteiger partial charge in [0.2, 0.25) is 0 Å². The maximum Gasteiger partial charge on any atom is 0.271 e. The summed E-state index contributed by atoms with van der Waals surface area (Å²) in [6.07, 6.45) is 0.475. The first-order valence-corrected chi connectivity index (χ1v) is 7.64. The van der Waals surface area contributed by atoms with Crippen LogP contribution in [0, 0.1) is 5.92 Å². The van der Waals surface area contributed by atoms with Gasteiger partial charge in [0.1, 0.15) is 11.5 Å². The number of benzene rings is 2. The Morgan fingerprint density at radius 3 is 2.67 bits per heavy atom. The van der Waals surface area contributed by atoms with Gasteiger partial charge in [0.05, 0.1) is 11.6 Å². The van der Waals surface area contributed by atoms with Crippen molar-refractivity contribution in [3.8, 4) is 11.5 Å². The molecule has 2 aromatic rings. The number of carbonyl (C=O) groups excluding carboxylic acids is 1. The molecule has 0 radical (unpaired) electrons. The third-order valence-corrected chi connectivity index (χ3v) is 4.71. The van der Waals surface area contributed by atoms with E-state index in [1.54, 1.807) is 25.2 Å². The van der Waals surface area contributed by atoms with Gasteiger partial charge in [0.25, 0.3) is 5.91 Å². The van der Waals surface area contributed by atoms with Gasteiger partial charge in [-0.3, -0.25) is 4.79 Å². The molecule has 24 heavy (non-hydrogen) atoms. The quantitative estimate of drug-likeness (QED) is 0.656. The summed E-state index contributed by atoms with van der Waals surface area (Å²) < 4.78 is 6.02. The zero-order chi connectivity index (χ0) is 16.9. The van der Waals surface area contributed by atoms with Gasteiger partial charge in [0.15, 0.2) is 5.60 Å². The topological polar surface area (TPSA) is 82.4 Å². The van der Waals surface area contributed by atoms with Crippen LogP contribution in [0.2, 0.25) is 0 Å². The maximum absolute atomic E-state index is 13.0. The van der Waals surface area contributed by atoms with E-state index in [0.717, 1.165) is 5.56 Å². The van der Waals surface area contributed by atoms with Crippen molar-refractivity contribution < 1.29 is 19.8 Å². The van der Waals surface area contributed by atoms with Crippen molar-refractivity contribution in [1.82, 2.24) is 0 Å². The molecule has 2 unspecified atom stereocenters. The fraction of sp³-hybridized carbons (Fsp3) is 0.222. The highest BCUT2D eigenvalue weighted by Gasteiger charge is 2.68. The number of amides is 1. The predicted octanol–water partition coefficient (Wildman–Crippen LogP) is 2.38. The molecule has 0 aromatic heterocycles. The number of phenols is 1. The Balaban J connectivity index is 1.68. The van der Waals surface area contributed by atoms with Crippen molar-refractivity contribution in [1.29, 1.82) is 0 Å². The molecule has 6 heteroatoms. The molecule has 0 spiro atoms. The summed E-state index contributed by atoms with van der Waals surface area (Å²) in [6.45, 7) is 0. The minimum absolute atomic E-state index is 0.139. The van der Waals surface area contributed by atoms with Gasteiger partial charge in [-0.05, 0) is 36.4 Å². The van der Waals surface area contributed by atoms with Crippen LogP contribution in [-0.4, -0.2) is 34.6 Å². The zero-order valence-corrected chi connectivity index (χ0v) is 13.0. The van der Waals surface area contributed by atoms with Crippen molar-refractivity contribution in [2.45, 2.75) is 12.0 Å². The average molecular weight is 324 g/mol. The number of hydrogen-bond donors (Lipinski definition) is 2. The van der Waals surface area contributed by atoms with Gasteiger partial charge in [-0.1, -0.05) is 17.3 Å². The molecule has 1 aliphatic heterocycles. The molecule has 0 bridgehead atoms. The van der Waals surface area contributed by atoms with Crippen molar-refractivity contribution in [2.24, 2.45) is 11.1 Å². The molecule has 6 nitrogen and oxygen atoms in total. The number of phenolic OH excluding ortho intramolecular Hbond substituents is 1. The van der Waals surface area contributed by atoms with E-state index >= 15 is 0 Å². The molecule has 2 atom stereocenters. The van der Waals surface area contributed by atoms with E-state index in [1.165, 1.54) is 17.0 Å². The number of ether oxygens (including phenoxy) is 1. The second kappa shape index (κ2) is 4.99. The predicted molar refractivity (Wildman–Crippen MR) is 87.7 cm³/mol. The highest BCUT2D eigenvalue weighted by atomic mass is 16.5. The Hall–Kier alpha value is -3.02. The molecule has 1 aliphatic carbocycles. The highest BCUT2D eigenvalue weighted by molar-refractivity contribution is 6.15. The van der Waals surface area contributed by atoms with E-state index in [0.29, 0.717) is 23.6 Å². The fourth-order valence-corrected chi connectivity index (χ4v) is 3.31. The number of fused-ring (bicyclic) bond motifs is 2. The van der Waals surface area contributed by atoms with Gasteiger partial charge >= 0.3 is 0 Å². The molecule has 0 saturated heterocycles. The molecular formula is C18H16N2O4. The van der Waals surface area contributed by atoms with Gasteiger partial charge in [-0.15, -0.1) is 0 Å². The highest BCUT2D eigenvalue weighted by Crippen LogP contribution is 2.55. The Morgan fingerprint density at radius 1 is 1.25 bits per heavy atom. The average Bonchev–Trinajstić information content (AvgIpc) is 3.34. The van der Waals surface area contributed by atoms with Gasteiger partial charge in [-0.25, -0.2) is 0 Å². The first-order valence-electron chi connectivity index (χ1n) is 7.64. The van der Waals surface area contributed by atoms with Crippen LogP contribution < -0.4 is 9.64 Å². The van der Waals surface area contributed by atoms with Crippen molar-refractivity contribution >= 4 is 17.3 Å². The summed E-state index contributed by atoms with van der Waals surface area (Å²) in [4.78, 5) is 14.5. The first kappa shape index (κ1) is 14.6. The molecule has 1 saturated carbocycles. The summed E-state index contributed by atoms with van der Waals surface area (Å²) in [5.41, 5.74) is 0.841. The SMILES string of the molecule is CN(C(=O)C12CC1C(=NO)c1ccccc1O2)c1ccc(O)cc1. The third kappa shape index (κ3) is 1.96.